The van der Waals surface area contributed by atoms with Gasteiger partial charge < -0.3 is 9.47 Å². The molecule has 0 saturated heterocycles. The van der Waals surface area contributed by atoms with E-state index in [2.05, 4.69) is 36.2 Å². The zero-order valence-electron chi connectivity index (χ0n) is 16.7. The van der Waals surface area contributed by atoms with Crippen LogP contribution in [-0.2, 0) is 4.79 Å². The van der Waals surface area contributed by atoms with E-state index in [1.807, 2.05) is 42.9 Å². The van der Waals surface area contributed by atoms with Gasteiger partial charge in [-0.25, -0.2) is 9.97 Å². The molecule has 0 amide bonds. The number of carbonyl (C=O) groups excluding carboxylic acids is 1. The van der Waals surface area contributed by atoms with Crippen LogP contribution in [0, 0.1) is 13.8 Å². The molecule has 0 aliphatic heterocycles. The van der Waals surface area contributed by atoms with Gasteiger partial charge in [-0.3, -0.25) is 10.1 Å². The fraction of sp³-hybridized carbons (Fsp3) is 0.318. The highest BCUT2D eigenvalue weighted by Gasteiger charge is 2.20. The Morgan fingerprint density at radius 2 is 1.79 bits per heavy atom. The topological polar surface area (TPSA) is 63.1 Å². The standard InChI is InChI=1S/C22H25N5O/c1-14-11-17-18(12-15(14)2)25-22-21(24-17)16-7-5-6-8-19(16)27(22)20(13-28)23-9-10-26(3)4/h5-8,11-13,20,23H,9-10H2,1-4H3. The van der Waals surface area contributed by atoms with E-state index in [-0.39, 0.29) is 0 Å². The summed E-state index contributed by atoms with van der Waals surface area (Å²) >= 11 is 0. The molecule has 2 aromatic heterocycles. The monoisotopic (exact) mass is 375 g/mol. The zero-order chi connectivity index (χ0) is 19.8. The summed E-state index contributed by atoms with van der Waals surface area (Å²) in [6.45, 7) is 5.70. The molecule has 2 aromatic carbocycles. The summed E-state index contributed by atoms with van der Waals surface area (Å²) < 4.78 is 1.97. The van der Waals surface area contributed by atoms with Gasteiger partial charge in [0.25, 0.3) is 0 Å². The molecule has 1 unspecified atom stereocenters. The molecule has 0 aliphatic rings. The third kappa shape index (κ3) is 3.15. The number of nitrogens with zero attached hydrogens (tertiary/aromatic N) is 4. The van der Waals surface area contributed by atoms with Gasteiger partial charge in [0, 0.05) is 18.5 Å². The van der Waals surface area contributed by atoms with E-state index >= 15 is 0 Å². The number of aryl methyl sites for hydroxylation is 2. The van der Waals surface area contributed by atoms with E-state index in [9.17, 15) is 4.79 Å². The van der Waals surface area contributed by atoms with Crippen molar-refractivity contribution < 1.29 is 4.79 Å². The summed E-state index contributed by atoms with van der Waals surface area (Å²) in [4.78, 5) is 23.9. The largest absolute Gasteiger partial charge is 0.308 e. The minimum Gasteiger partial charge on any atom is -0.308 e. The van der Waals surface area contributed by atoms with Gasteiger partial charge in [-0.1, -0.05) is 18.2 Å². The molecule has 4 aromatic rings. The van der Waals surface area contributed by atoms with Crippen molar-refractivity contribution in [3.63, 3.8) is 0 Å². The van der Waals surface area contributed by atoms with Crippen molar-refractivity contribution in [3.8, 4) is 0 Å². The van der Waals surface area contributed by atoms with Crippen LogP contribution >= 0.6 is 0 Å². The van der Waals surface area contributed by atoms with Gasteiger partial charge in [0.15, 0.2) is 11.9 Å². The quantitative estimate of drug-likeness (QED) is 0.524. The highest BCUT2D eigenvalue weighted by atomic mass is 16.1. The van der Waals surface area contributed by atoms with Crippen LogP contribution in [0.4, 0.5) is 0 Å². The summed E-state index contributed by atoms with van der Waals surface area (Å²) in [5.41, 5.74) is 6.61. The number of carbonyl (C=O) groups is 1. The van der Waals surface area contributed by atoms with Gasteiger partial charge in [0.1, 0.15) is 11.7 Å². The number of aromatic nitrogens is 3. The van der Waals surface area contributed by atoms with Gasteiger partial charge in [0.2, 0.25) is 0 Å². The Bertz CT molecular complexity index is 1180. The van der Waals surface area contributed by atoms with E-state index in [0.29, 0.717) is 6.54 Å². The van der Waals surface area contributed by atoms with Crippen LogP contribution in [0.1, 0.15) is 17.3 Å². The van der Waals surface area contributed by atoms with E-state index < -0.39 is 6.17 Å². The smallest absolute Gasteiger partial charge is 0.162 e. The maximum absolute atomic E-state index is 12.0. The molecule has 6 heteroatoms. The predicted molar refractivity (Wildman–Crippen MR) is 114 cm³/mol. The third-order valence-corrected chi connectivity index (χ3v) is 5.23. The lowest BCUT2D eigenvalue weighted by Gasteiger charge is -2.18. The summed E-state index contributed by atoms with van der Waals surface area (Å²) in [5.74, 6) is 0. The van der Waals surface area contributed by atoms with Crippen molar-refractivity contribution in [2.45, 2.75) is 20.0 Å². The maximum atomic E-state index is 12.0. The van der Waals surface area contributed by atoms with Crippen LogP contribution in [0.5, 0.6) is 0 Å². The van der Waals surface area contributed by atoms with Crippen molar-refractivity contribution in [1.82, 2.24) is 24.8 Å². The first kappa shape index (κ1) is 18.5. The van der Waals surface area contributed by atoms with Crippen LogP contribution in [0.2, 0.25) is 0 Å². The summed E-state index contributed by atoms with van der Waals surface area (Å²) in [6, 6.07) is 12.2. The lowest BCUT2D eigenvalue weighted by atomic mass is 10.1. The number of benzene rings is 2. The number of nitrogens with one attached hydrogen (secondary N) is 1. The molecule has 0 spiro atoms. The number of para-hydroxylation sites is 1. The fourth-order valence-corrected chi connectivity index (χ4v) is 3.57. The van der Waals surface area contributed by atoms with Crippen LogP contribution in [0.25, 0.3) is 33.1 Å². The number of hydrogen-bond donors (Lipinski definition) is 1. The molecular formula is C22H25N5O. The van der Waals surface area contributed by atoms with Gasteiger partial charge in [-0.15, -0.1) is 0 Å². The maximum Gasteiger partial charge on any atom is 0.162 e. The van der Waals surface area contributed by atoms with Crippen molar-refractivity contribution in [3.05, 3.63) is 47.5 Å². The molecule has 28 heavy (non-hydrogen) atoms. The second-order valence-electron chi connectivity index (χ2n) is 7.55. The van der Waals surface area contributed by atoms with Crippen LogP contribution in [0.3, 0.4) is 0 Å². The number of hydrogen-bond acceptors (Lipinski definition) is 5. The minimum absolute atomic E-state index is 0.499. The van der Waals surface area contributed by atoms with Crippen LogP contribution in [-0.4, -0.2) is 52.9 Å². The highest BCUT2D eigenvalue weighted by Crippen LogP contribution is 2.30. The average Bonchev–Trinajstić information content (AvgIpc) is 2.98. The third-order valence-electron chi connectivity index (χ3n) is 5.23. The first-order valence-electron chi connectivity index (χ1n) is 9.50. The average molecular weight is 375 g/mol. The van der Waals surface area contributed by atoms with Crippen LogP contribution < -0.4 is 5.32 Å². The van der Waals surface area contributed by atoms with Crippen molar-refractivity contribution in [1.29, 1.82) is 0 Å². The number of aldehydes is 1. The predicted octanol–water partition coefficient (Wildman–Crippen LogP) is 3.20. The van der Waals surface area contributed by atoms with Gasteiger partial charge >= 0.3 is 0 Å². The molecule has 6 nitrogen and oxygen atoms in total. The molecule has 0 aliphatic carbocycles. The molecule has 0 fully saturated rings. The molecule has 0 bridgehead atoms. The van der Waals surface area contributed by atoms with E-state index in [0.717, 1.165) is 45.9 Å². The Morgan fingerprint density at radius 1 is 1.11 bits per heavy atom. The van der Waals surface area contributed by atoms with E-state index in [1.54, 1.807) is 0 Å². The Labute approximate surface area is 164 Å². The normalized spacial score (nSPS) is 13.0. The number of likely N-dealkylation sites (N-methyl/N-ethyl adjacent to an activating group) is 1. The van der Waals surface area contributed by atoms with Gasteiger partial charge in [-0.05, 0) is 57.3 Å². The molecule has 1 N–H and O–H groups in total. The summed E-state index contributed by atoms with van der Waals surface area (Å²) in [6.07, 6.45) is 0.439. The second kappa shape index (κ2) is 7.30. The number of rotatable bonds is 6. The Morgan fingerprint density at radius 3 is 2.46 bits per heavy atom. The Kier molecular flexibility index (Phi) is 4.83. The van der Waals surface area contributed by atoms with Crippen LogP contribution in [0.15, 0.2) is 36.4 Å². The molecule has 144 valence electrons. The summed E-state index contributed by atoms with van der Waals surface area (Å²) in [5, 5.41) is 4.35. The van der Waals surface area contributed by atoms with Crippen molar-refractivity contribution in [2.75, 3.05) is 27.2 Å². The highest BCUT2D eigenvalue weighted by molar-refractivity contribution is 6.07. The molecule has 2 heterocycles. The molecule has 0 saturated carbocycles. The SMILES string of the molecule is Cc1cc2nc3c4ccccc4n(C(C=O)NCCN(C)C)c3nc2cc1C. The lowest BCUT2D eigenvalue weighted by molar-refractivity contribution is -0.111. The summed E-state index contributed by atoms with van der Waals surface area (Å²) in [7, 11) is 4.03. The first-order valence-corrected chi connectivity index (χ1v) is 9.50. The van der Waals surface area contributed by atoms with Gasteiger partial charge in [0.05, 0.1) is 16.6 Å². The Hall–Kier alpha value is -2.83. The van der Waals surface area contributed by atoms with E-state index in [1.165, 1.54) is 11.1 Å². The fourth-order valence-electron chi connectivity index (χ4n) is 3.57. The van der Waals surface area contributed by atoms with E-state index in [4.69, 9.17) is 9.97 Å². The Balaban J connectivity index is 1.95. The minimum atomic E-state index is -0.499. The molecule has 4 rings (SSSR count). The van der Waals surface area contributed by atoms with Crippen molar-refractivity contribution in [2.24, 2.45) is 0 Å². The zero-order valence-corrected chi connectivity index (χ0v) is 16.7. The number of fused-ring (bicyclic) bond motifs is 4. The molecular weight excluding hydrogens is 350 g/mol. The molecule has 0 radical (unpaired) electrons. The van der Waals surface area contributed by atoms with Crippen molar-refractivity contribution >= 4 is 39.4 Å². The lowest BCUT2D eigenvalue weighted by Crippen LogP contribution is -2.33. The van der Waals surface area contributed by atoms with Gasteiger partial charge in [-0.2, -0.15) is 0 Å². The first-order chi connectivity index (χ1) is 13.5. The molecule has 1 atom stereocenters. The second-order valence-corrected chi connectivity index (χ2v) is 7.55.